The van der Waals surface area contributed by atoms with Crippen LogP contribution in [0.25, 0.3) is 0 Å². The molecular formula is C37H47NO4. The molecule has 5 heteroatoms. The maximum atomic E-state index is 12.7. The van der Waals surface area contributed by atoms with Crippen molar-refractivity contribution >= 4 is 0 Å². The van der Waals surface area contributed by atoms with Gasteiger partial charge in [-0.25, -0.2) is 0 Å². The Kier molecular flexibility index (Phi) is 5.46. The second kappa shape index (κ2) is 8.43. The number of methoxy groups -OCH3 is 1. The Bertz CT molecular complexity index is 1460. The van der Waals surface area contributed by atoms with Gasteiger partial charge in [-0.05, 0) is 74.1 Å². The maximum Gasteiger partial charge on any atom is 0.166 e. The van der Waals surface area contributed by atoms with Gasteiger partial charge in [0.15, 0.2) is 11.5 Å². The first kappa shape index (κ1) is 27.2. The first-order chi connectivity index (χ1) is 19.9. The van der Waals surface area contributed by atoms with Gasteiger partial charge in [-0.15, -0.1) is 0 Å². The number of ether oxygens (including phenoxy) is 3. The highest BCUT2D eigenvalue weighted by molar-refractivity contribution is 5.66. The minimum atomic E-state index is -1.02. The fourth-order valence-electron chi connectivity index (χ4n) is 10.4. The highest BCUT2D eigenvalue weighted by atomic mass is 16.6. The molecule has 5 nitrogen and oxygen atoms in total. The average Bonchev–Trinajstić information content (AvgIpc) is 3.70. The van der Waals surface area contributed by atoms with E-state index in [0.717, 1.165) is 48.8 Å². The van der Waals surface area contributed by atoms with Crippen molar-refractivity contribution in [3.63, 3.8) is 0 Å². The van der Waals surface area contributed by atoms with Crippen molar-refractivity contribution in [1.29, 1.82) is 0 Å². The molecule has 224 valence electrons. The normalized spacial score (nSPS) is 39.0. The maximum absolute atomic E-state index is 12.7. The van der Waals surface area contributed by atoms with E-state index in [-0.39, 0.29) is 22.3 Å². The summed E-state index contributed by atoms with van der Waals surface area (Å²) in [5, 5.41) is 12.7. The molecule has 42 heavy (non-hydrogen) atoms. The first-order valence-corrected chi connectivity index (χ1v) is 16.2. The predicted octanol–water partition coefficient (Wildman–Crippen LogP) is 6.45. The van der Waals surface area contributed by atoms with E-state index in [9.17, 15) is 5.11 Å². The number of likely N-dealkylation sites (tertiary alicyclic amines) is 1. The summed E-state index contributed by atoms with van der Waals surface area (Å²) >= 11 is 0. The number of fused-ring (bicyclic) bond motifs is 1. The lowest BCUT2D eigenvalue weighted by Gasteiger charge is -2.76. The minimum absolute atomic E-state index is 0.161. The van der Waals surface area contributed by atoms with Gasteiger partial charge in [-0.2, -0.15) is 0 Å². The summed E-state index contributed by atoms with van der Waals surface area (Å²) in [7, 11) is 1.83. The van der Waals surface area contributed by atoms with Crippen LogP contribution in [0, 0.1) is 22.2 Å². The molecule has 2 saturated carbocycles. The SMILES string of the molecule is CO[C@]12C=C[C@@]3(C[C@]1(C)C(C)(O)C(C)(C)C)[C@H]1Cc4ccc(OCc5ccccc5)c5c4C3(CCN1CC1CC1)[C@H]2O5. The second-order valence-corrected chi connectivity index (χ2v) is 15.8. The Hall–Kier alpha value is -2.34. The largest absolute Gasteiger partial charge is 0.485 e. The third kappa shape index (κ3) is 3.06. The van der Waals surface area contributed by atoms with E-state index in [4.69, 9.17) is 14.2 Å². The molecule has 1 N–H and O–H groups in total. The Morgan fingerprint density at radius 3 is 2.50 bits per heavy atom. The van der Waals surface area contributed by atoms with Gasteiger partial charge in [-0.3, -0.25) is 4.90 Å². The Balaban J connectivity index is 1.33. The lowest BCUT2D eigenvalue weighted by Crippen LogP contribution is -2.84. The number of hydrogen-bond acceptors (Lipinski definition) is 5. The van der Waals surface area contributed by atoms with Crippen LogP contribution in [0.3, 0.4) is 0 Å². The molecular weight excluding hydrogens is 522 g/mol. The Labute approximate surface area is 251 Å². The molecule has 3 fully saturated rings. The van der Waals surface area contributed by atoms with Crippen molar-refractivity contribution in [3.8, 4) is 11.5 Å². The van der Waals surface area contributed by atoms with E-state index in [1.54, 1.807) is 0 Å². The van der Waals surface area contributed by atoms with E-state index in [2.05, 4.69) is 81.1 Å². The summed E-state index contributed by atoms with van der Waals surface area (Å²) < 4.78 is 20.6. The molecule has 7 aliphatic rings. The molecule has 2 aromatic rings. The smallest absolute Gasteiger partial charge is 0.166 e. The fourth-order valence-corrected chi connectivity index (χ4v) is 10.4. The quantitative estimate of drug-likeness (QED) is 0.388. The molecule has 0 radical (unpaired) electrons. The van der Waals surface area contributed by atoms with Crippen molar-refractivity contribution < 1.29 is 19.3 Å². The average molecular weight is 570 g/mol. The zero-order valence-electron chi connectivity index (χ0n) is 26.2. The van der Waals surface area contributed by atoms with Gasteiger partial charge in [0.1, 0.15) is 18.3 Å². The van der Waals surface area contributed by atoms with E-state index < -0.39 is 16.6 Å². The number of nitrogens with zero attached hydrogens (tertiary/aromatic N) is 1. The molecule has 2 spiro atoms. The summed E-state index contributed by atoms with van der Waals surface area (Å²) in [6.45, 7) is 13.6. The number of hydrogen-bond donors (Lipinski definition) is 1. The van der Waals surface area contributed by atoms with Crippen molar-refractivity contribution in [2.75, 3.05) is 20.2 Å². The van der Waals surface area contributed by atoms with Crippen LogP contribution >= 0.6 is 0 Å². The highest BCUT2D eigenvalue weighted by Crippen LogP contribution is 2.79. The third-order valence-electron chi connectivity index (χ3n) is 13.2. The molecule has 5 aliphatic carbocycles. The summed E-state index contributed by atoms with van der Waals surface area (Å²) in [6.07, 6.45) is 10.2. The molecule has 0 amide bonds. The Morgan fingerprint density at radius 1 is 1.05 bits per heavy atom. The predicted molar refractivity (Wildman–Crippen MR) is 164 cm³/mol. The molecule has 2 unspecified atom stereocenters. The lowest BCUT2D eigenvalue weighted by molar-refractivity contribution is -0.305. The fraction of sp³-hybridized carbons (Fsp3) is 0.622. The zero-order chi connectivity index (χ0) is 29.3. The van der Waals surface area contributed by atoms with Crippen molar-refractivity contribution in [1.82, 2.24) is 4.90 Å². The topological polar surface area (TPSA) is 51.2 Å². The summed E-state index contributed by atoms with van der Waals surface area (Å²) in [5.74, 6) is 2.57. The van der Waals surface area contributed by atoms with Gasteiger partial charge in [0.05, 0.1) is 11.0 Å². The van der Waals surface area contributed by atoms with Crippen LogP contribution in [-0.4, -0.2) is 53.6 Å². The number of rotatable bonds is 7. The molecule has 2 heterocycles. The standard InChI is InChI=1S/C37H47NO4/c1-32(2,3)34(5,39)33(4)23-35-16-17-37(33,40-6)31-36(35)18-19-38(21-24-12-13-24)28(35)20-26-14-15-27(30(42-31)29(26)36)41-22-25-10-8-7-9-11-25/h7-11,14-17,24,28,31,39H,12-13,18-23H2,1-6H3/t28-,31-,33-,34?,35-,36?,37+/m1/s1. The number of benzene rings is 2. The van der Waals surface area contributed by atoms with Gasteiger partial charge in [0.25, 0.3) is 0 Å². The number of piperidine rings is 1. The van der Waals surface area contributed by atoms with Crippen LogP contribution < -0.4 is 9.47 Å². The van der Waals surface area contributed by atoms with Crippen LogP contribution in [0.4, 0.5) is 0 Å². The Morgan fingerprint density at radius 2 is 1.81 bits per heavy atom. The molecule has 4 bridgehead atoms. The molecule has 1 saturated heterocycles. The van der Waals surface area contributed by atoms with Crippen LogP contribution in [0.1, 0.15) is 77.0 Å². The third-order valence-corrected chi connectivity index (χ3v) is 13.2. The summed E-state index contributed by atoms with van der Waals surface area (Å²) in [6, 6.07) is 15.2. The van der Waals surface area contributed by atoms with Crippen LogP contribution in [0.15, 0.2) is 54.6 Å². The van der Waals surface area contributed by atoms with Crippen molar-refractivity contribution in [2.24, 2.45) is 22.2 Å². The van der Waals surface area contributed by atoms with Crippen molar-refractivity contribution in [2.45, 2.75) is 102 Å². The van der Waals surface area contributed by atoms with Gasteiger partial charge < -0.3 is 19.3 Å². The summed E-state index contributed by atoms with van der Waals surface area (Å²) in [4.78, 5) is 2.82. The van der Waals surface area contributed by atoms with Crippen LogP contribution in [0.5, 0.6) is 11.5 Å². The minimum Gasteiger partial charge on any atom is -0.485 e. The zero-order valence-corrected chi connectivity index (χ0v) is 26.2. The molecule has 2 aliphatic heterocycles. The lowest BCUT2D eigenvalue weighted by atomic mass is 9.32. The van der Waals surface area contributed by atoms with Crippen molar-refractivity contribution in [3.05, 3.63) is 71.3 Å². The first-order valence-electron chi connectivity index (χ1n) is 16.2. The second-order valence-electron chi connectivity index (χ2n) is 15.8. The van der Waals surface area contributed by atoms with Crippen LogP contribution in [-0.2, 0) is 23.2 Å². The van der Waals surface area contributed by atoms with E-state index in [1.165, 1.54) is 30.5 Å². The monoisotopic (exact) mass is 569 g/mol. The molecule has 7 atom stereocenters. The van der Waals surface area contributed by atoms with E-state index in [0.29, 0.717) is 12.6 Å². The highest BCUT2D eigenvalue weighted by Gasteiger charge is 2.84. The molecule has 9 rings (SSSR count). The number of aliphatic hydroxyl groups is 1. The van der Waals surface area contributed by atoms with Crippen LogP contribution in [0.2, 0.25) is 0 Å². The van der Waals surface area contributed by atoms with Gasteiger partial charge in [-0.1, -0.05) is 76.2 Å². The molecule has 0 aromatic heterocycles. The van der Waals surface area contributed by atoms with Gasteiger partial charge in [0.2, 0.25) is 0 Å². The van der Waals surface area contributed by atoms with Gasteiger partial charge >= 0.3 is 0 Å². The van der Waals surface area contributed by atoms with E-state index >= 15 is 0 Å². The molecule has 2 aromatic carbocycles. The summed E-state index contributed by atoms with van der Waals surface area (Å²) in [5.41, 5.74) is 0.786. The van der Waals surface area contributed by atoms with Gasteiger partial charge in [0, 0.05) is 36.1 Å². The van der Waals surface area contributed by atoms with E-state index in [1.807, 2.05) is 20.1 Å².